The van der Waals surface area contributed by atoms with Gasteiger partial charge < -0.3 is 10.6 Å². The monoisotopic (exact) mass is 358 g/mol. The highest BCUT2D eigenvalue weighted by molar-refractivity contribution is 9.10. The maximum absolute atomic E-state index is 6.30. The Balaban J connectivity index is 1.86. The van der Waals surface area contributed by atoms with Gasteiger partial charge in [0.05, 0.1) is 0 Å². The van der Waals surface area contributed by atoms with Crippen LogP contribution in [0.2, 0.25) is 5.02 Å². The third-order valence-electron chi connectivity index (χ3n) is 4.30. The molecule has 1 fully saturated rings. The van der Waals surface area contributed by atoms with Crippen molar-refractivity contribution in [2.24, 2.45) is 11.7 Å². The normalized spacial score (nSPS) is 21.9. The highest BCUT2D eigenvalue weighted by Gasteiger charge is 2.19. The Bertz CT molecular complexity index is 438. The lowest BCUT2D eigenvalue weighted by Gasteiger charge is -2.32. The zero-order chi connectivity index (χ0) is 14.5. The van der Waals surface area contributed by atoms with Gasteiger partial charge in [-0.25, -0.2) is 0 Å². The number of halogens is 2. The van der Waals surface area contributed by atoms with E-state index in [1.165, 1.54) is 32.4 Å². The number of nitrogens with two attached hydrogens (primary N) is 1. The Hall–Kier alpha value is -0.0900. The second-order valence-electron chi connectivity index (χ2n) is 5.78. The molecule has 112 valence electrons. The van der Waals surface area contributed by atoms with Crippen LogP contribution in [-0.4, -0.2) is 24.5 Å². The quantitative estimate of drug-likeness (QED) is 0.831. The minimum absolute atomic E-state index is 0.0256. The third kappa shape index (κ3) is 4.45. The summed E-state index contributed by atoms with van der Waals surface area (Å²) in [5, 5.41) is 0.761. The van der Waals surface area contributed by atoms with Crippen molar-refractivity contribution in [3.8, 4) is 0 Å². The van der Waals surface area contributed by atoms with E-state index in [0.717, 1.165) is 33.9 Å². The van der Waals surface area contributed by atoms with Crippen LogP contribution in [0.3, 0.4) is 0 Å². The Labute approximate surface area is 135 Å². The number of piperidine rings is 1. The maximum atomic E-state index is 6.30. The molecule has 20 heavy (non-hydrogen) atoms. The molecule has 2 unspecified atom stereocenters. The van der Waals surface area contributed by atoms with E-state index in [1.807, 2.05) is 18.2 Å². The van der Waals surface area contributed by atoms with Crippen LogP contribution in [0.1, 0.15) is 44.2 Å². The molecule has 2 atom stereocenters. The van der Waals surface area contributed by atoms with Crippen LogP contribution in [0.4, 0.5) is 0 Å². The van der Waals surface area contributed by atoms with Gasteiger partial charge in [0.1, 0.15) is 0 Å². The molecule has 1 aromatic rings. The lowest BCUT2D eigenvalue weighted by molar-refractivity contribution is 0.167. The average Bonchev–Trinajstić information content (AvgIpc) is 2.45. The fraction of sp³-hybridized carbons (Fsp3) is 0.625. The van der Waals surface area contributed by atoms with Gasteiger partial charge in [-0.1, -0.05) is 46.9 Å². The molecular weight excluding hydrogens is 336 g/mol. The topological polar surface area (TPSA) is 29.3 Å². The SMILES string of the molecule is CCC1CCCN(CCC(N)c2ccc(Br)cc2Cl)C1. The predicted octanol–water partition coefficient (Wildman–Crippen LogP) is 4.61. The van der Waals surface area contributed by atoms with Crippen molar-refractivity contribution < 1.29 is 0 Å². The van der Waals surface area contributed by atoms with Crippen molar-refractivity contribution in [3.05, 3.63) is 33.3 Å². The summed E-state index contributed by atoms with van der Waals surface area (Å²) in [7, 11) is 0. The summed E-state index contributed by atoms with van der Waals surface area (Å²) in [4.78, 5) is 2.56. The summed E-state index contributed by atoms with van der Waals surface area (Å²) < 4.78 is 1.00. The molecule has 1 aliphatic rings. The Morgan fingerprint density at radius 2 is 2.30 bits per heavy atom. The fourth-order valence-electron chi connectivity index (χ4n) is 2.97. The standard InChI is InChI=1S/C16H24BrClN2/c1-2-12-4-3-8-20(11-12)9-7-16(19)14-6-5-13(17)10-15(14)18/h5-6,10,12,16H,2-4,7-9,11,19H2,1H3. The van der Waals surface area contributed by atoms with Crippen LogP contribution in [0.25, 0.3) is 0 Å². The predicted molar refractivity (Wildman–Crippen MR) is 90.2 cm³/mol. The average molecular weight is 360 g/mol. The Morgan fingerprint density at radius 1 is 1.50 bits per heavy atom. The zero-order valence-electron chi connectivity index (χ0n) is 12.1. The number of nitrogens with zero attached hydrogens (tertiary/aromatic N) is 1. The van der Waals surface area contributed by atoms with E-state index in [4.69, 9.17) is 17.3 Å². The van der Waals surface area contributed by atoms with Crippen LogP contribution < -0.4 is 5.73 Å². The molecule has 1 aromatic carbocycles. The van der Waals surface area contributed by atoms with Gasteiger partial charge in [-0.2, -0.15) is 0 Å². The molecule has 1 saturated heterocycles. The number of likely N-dealkylation sites (tertiary alicyclic amines) is 1. The van der Waals surface area contributed by atoms with E-state index >= 15 is 0 Å². The van der Waals surface area contributed by atoms with Crippen molar-refractivity contribution in [1.82, 2.24) is 4.90 Å². The van der Waals surface area contributed by atoms with Gasteiger partial charge in [0.25, 0.3) is 0 Å². The van der Waals surface area contributed by atoms with Gasteiger partial charge in [-0.05, 0) is 56.0 Å². The largest absolute Gasteiger partial charge is 0.324 e. The second kappa shape index (κ2) is 7.79. The van der Waals surface area contributed by atoms with Crippen LogP contribution in [-0.2, 0) is 0 Å². The fourth-order valence-corrected chi connectivity index (χ4v) is 3.78. The molecule has 0 radical (unpaired) electrons. The highest BCUT2D eigenvalue weighted by Crippen LogP contribution is 2.27. The van der Waals surface area contributed by atoms with E-state index in [9.17, 15) is 0 Å². The van der Waals surface area contributed by atoms with Crippen molar-refractivity contribution in [1.29, 1.82) is 0 Å². The summed E-state index contributed by atoms with van der Waals surface area (Å²) in [5.74, 6) is 0.872. The van der Waals surface area contributed by atoms with Crippen LogP contribution >= 0.6 is 27.5 Å². The minimum atomic E-state index is 0.0256. The molecule has 4 heteroatoms. The Morgan fingerprint density at radius 3 is 3.00 bits per heavy atom. The summed E-state index contributed by atoms with van der Waals surface area (Å²) in [6.45, 7) is 5.82. The molecule has 0 amide bonds. The molecule has 0 bridgehead atoms. The first-order chi connectivity index (χ1) is 9.60. The van der Waals surface area contributed by atoms with E-state index in [2.05, 4.69) is 27.8 Å². The molecular formula is C16H24BrClN2. The van der Waals surface area contributed by atoms with Crippen LogP contribution in [0, 0.1) is 5.92 Å². The lowest BCUT2D eigenvalue weighted by atomic mass is 9.95. The summed E-state index contributed by atoms with van der Waals surface area (Å²) >= 11 is 9.70. The van der Waals surface area contributed by atoms with Gasteiger partial charge in [0.15, 0.2) is 0 Å². The first kappa shape index (κ1) is 16.3. The van der Waals surface area contributed by atoms with Gasteiger partial charge in [0, 0.05) is 22.1 Å². The molecule has 2 nitrogen and oxygen atoms in total. The first-order valence-electron chi connectivity index (χ1n) is 7.53. The van der Waals surface area contributed by atoms with Crippen molar-refractivity contribution in [2.45, 2.75) is 38.6 Å². The smallest absolute Gasteiger partial charge is 0.0464 e. The molecule has 2 rings (SSSR count). The van der Waals surface area contributed by atoms with Crippen molar-refractivity contribution >= 4 is 27.5 Å². The van der Waals surface area contributed by atoms with Crippen LogP contribution in [0.5, 0.6) is 0 Å². The molecule has 0 aliphatic carbocycles. The summed E-state index contributed by atoms with van der Waals surface area (Å²) in [5.41, 5.74) is 7.36. The van der Waals surface area contributed by atoms with Gasteiger partial charge in [-0.3, -0.25) is 0 Å². The number of hydrogen-bond acceptors (Lipinski definition) is 2. The number of rotatable bonds is 5. The molecule has 1 aliphatic heterocycles. The van der Waals surface area contributed by atoms with E-state index in [1.54, 1.807) is 0 Å². The molecule has 0 saturated carbocycles. The van der Waals surface area contributed by atoms with Crippen LogP contribution in [0.15, 0.2) is 22.7 Å². The van der Waals surface area contributed by atoms with Gasteiger partial charge in [0.2, 0.25) is 0 Å². The number of benzene rings is 1. The van der Waals surface area contributed by atoms with Gasteiger partial charge in [-0.15, -0.1) is 0 Å². The Kier molecular flexibility index (Phi) is 6.34. The van der Waals surface area contributed by atoms with E-state index in [-0.39, 0.29) is 6.04 Å². The van der Waals surface area contributed by atoms with Crippen molar-refractivity contribution in [2.75, 3.05) is 19.6 Å². The minimum Gasteiger partial charge on any atom is -0.324 e. The lowest BCUT2D eigenvalue weighted by Crippen LogP contribution is -2.36. The first-order valence-corrected chi connectivity index (χ1v) is 8.70. The summed E-state index contributed by atoms with van der Waals surface area (Å²) in [6.07, 6.45) is 4.98. The highest BCUT2D eigenvalue weighted by atomic mass is 79.9. The maximum Gasteiger partial charge on any atom is 0.0464 e. The molecule has 2 N–H and O–H groups in total. The van der Waals surface area contributed by atoms with Gasteiger partial charge >= 0.3 is 0 Å². The zero-order valence-corrected chi connectivity index (χ0v) is 14.5. The van der Waals surface area contributed by atoms with E-state index < -0.39 is 0 Å². The molecule has 0 spiro atoms. The third-order valence-corrected chi connectivity index (χ3v) is 5.12. The second-order valence-corrected chi connectivity index (χ2v) is 7.10. The summed E-state index contributed by atoms with van der Waals surface area (Å²) in [6, 6.07) is 5.99. The number of hydrogen-bond donors (Lipinski definition) is 1. The molecule has 0 aromatic heterocycles. The van der Waals surface area contributed by atoms with E-state index in [0.29, 0.717) is 0 Å². The molecule has 1 heterocycles. The van der Waals surface area contributed by atoms with Crippen molar-refractivity contribution in [3.63, 3.8) is 0 Å².